The molecule has 0 unspecified atom stereocenters. The number of benzene rings is 2. The van der Waals surface area contributed by atoms with Crippen molar-refractivity contribution in [3.8, 4) is 11.1 Å². The summed E-state index contributed by atoms with van der Waals surface area (Å²) in [6.07, 6.45) is 6.53. The summed E-state index contributed by atoms with van der Waals surface area (Å²) in [4.78, 5) is 36.8. The van der Waals surface area contributed by atoms with E-state index in [-0.39, 0.29) is 11.9 Å². The number of ketones is 1. The number of carbonyl (C=O) groups excluding carboxylic acids is 3. The van der Waals surface area contributed by atoms with Crippen LogP contribution in [0.3, 0.4) is 0 Å². The minimum absolute atomic E-state index is 0.130. The van der Waals surface area contributed by atoms with Crippen LogP contribution < -0.4 is 4.90 Å². The molecule has 0 atom stereocenters. The standard InChI is InChI=1S/C27H27N3OS.CO2/c31-26(16-21-10-4-1-5-11-21)25-17-23(22-12-6-2-7-13-22)18-30(25)19-24-20-32-27(28-24)29-14-8-3-9-15-29;2-1-3/h1-2,4-7,10-13,17-18,20H,3,8-9,14-16,19H2;. The van der Waals surface area contributed by atoms with E-state index in [9.17, 15) is 4.79 Å². The fourth-order valence-electron chi connectivity index (χ4n) is 4.31. The van der Waals surface area contributed by atoms with Gasteiger partial charge in [-0.15, -0.1) is 11.3 Å². The summed E-state index contributed by atoms with van der Waals surface area (Å²) < 4.78 is 2.07. The number of piperidine rings is 1. The summed E-state index contributed by atoms with van der Waals surface area (Å²) in [7, 11) is 0. The summed E-state index contributed by atoms with van der Waals surface area (Å²) in [6.45, 7) is 2.79. The summed E-state index contributed by atoms with van der Waals surface area (Å²) in [5.41, 5.74) is 4.97. The molecule has 0 aliphatic carbocycles. The van der Waals surface area contributed by atoms with Crippen LogP contribution in [0, 0.1) is 0 Å². The number of aromatic nitrogens is 2. The minimum atomic E-state index is 0.130. The third kappa shape index (κ3) is 6.41. The van der Waals surface area contributed by atoms with Crippen molar-refractivity contribution in [2.45, 2.75) is 32.2 Å². The van der Waals surface area contributed by atoms with Crippen LogP contribution in [0.25, 0.3) is 11.1 Å². The fourth-order valence-corrected chi connectivity index (χ4v) is 5.18. The van der Waals surface area contributed by atoms with Crippen LogP contribution in [0.5, 0.6) is 0 Å². The van der Waals surface area contributed by atoms with E-state index in [1.807, 2.05) is 54.6 Å². The van der Waals surface area contributed by atoms with Crippen molar-refractivity contribution in [3.05, 3.63) is 95.3 Å². The van der Waals surface area contributed by atoms with Crippen LogP contribution in [0.15, 0.2) is 78.3 Å². The molecular weight excluding hydrogens is 458 g/mol. The van der Waals surface area contributed by atoms with E-state index < -0.39 is 0 Å². The number of thiazole rings is 1. The number of rotatable bonds is 7. The predicted molar refractivity (Wildman–Crippen MR) is 137 cm³/mol. The maximum Gasteiger partial charge on any atom is 0.373 e. The Balaban J connectivity index is 0.000000917. The van der Waals surface area contributed by atoms with Gasteiger partial charge in [-0.05, 0) is 36.5 Å². The van der Waals surface area contributed by atoms with Gasteiger partial charge in [-0.25, -0.2) is 4.98 Å². The zero-order valence-electron chi connectivity index (χ0n) is 19.4. The normalized spacial score (nSPS) is 13.0. The van der Waals surface area contributed by atoms with E-state index in [2.05, 4.69) is 33.2 Å². The van der Waals surface area contributed by atoms with Crippen molar-refractivity contribution in [1.29, 1.82) is 0 Å². The molecule has 5 rings (SSSR count). The van der Waals surface area contributed by atoms with Crippen LogP contribution >= 0.6 is 11.3 Å². The molecule has 1 saturated heterocycles. The average Bonchev–Trinajstić information content (AvgIpc) is 3.54. The SMILES string of the molecule is O=C(Cc1ccccc1)c1cc(-c2ccccc2)cn1Cc1csc(N2CCCCC2)n1.O=C=O. The van der Waals surface area contributed by atoms with Gasteiger partial charge in [0.05, 0.1) is 17.9 Å². The molecule has 2 aromatic heterocycles. The number of carbonyl (C=O) groups is 1. The van der Waals surface area contributed by atoms with Gasteiger partial charge in [-0.1, -0.05) is 60.7 Å². The molecular formula is C28H27N3O3S. The molecule has 0 N–H and O–H groups in total. The molecule has 4 aromatic rings. The highest BCUT2D eigenvalue weighted by Gasteiger charge is 2.18. The number of Topliss-reactive ketones (excluding diaryl/α,β-unsaturated/α-hetero) is 1. The van der Waals surface area contributed by atoms with Crippen molar-refractivity contribution in [2.24, 2.45) is 0 Å². The van der Waals surface area contributed by atoms with Gasteiger partial charge < -0.3 is 9.47 Å². The lowest BCUT2D eigenvalue weighted by Crippen LogP contribution is -2.29. The Morgan fingerprint density at radius 3 is 2.26 bits per heavy atom. The van der Waals surface area contributed by atoms with E-state index in [1.54, 1.807) is 11.3 Å². The third-order valence-electron chi connectivity index (χ3n) is 6.00. The monoisotopic (exact) mass is 485 g/mol. The molecule has 0 bridgehead atoms. The molecule has 1 aliphatic rings. The van der Waals surface area contributed by atoms with E-state index in [4.69, 9.17) is 14.6 Å². The van der Waals surface area contributed by atoms with Gasteiger partial charge in [0.1, 0.15) is 0 Å². The molecule has 178 valence electrons. The Kier molecular flexibility index (Phi) is 8.39. The highest BCUT2D eigenvalue weighted by atomic mass is 32.1. The molecule has 7 heteroatoms. The van der Waals surface area contributed by atoms with Gasteiger partial charge in [-0.3, -0.25) is 4.79 Å². The lowest BCUT2D eigenvalue weighted by atomic mass is 10.1. The molecule has 35 heavy (non-hydrogen) atoms. The van der Waals surface area contributed by atoms with Crippen LogP contribution in [-0.4, -0.2) is 34.6 Å². The summed E-state index contributed by atoms with van der Waals surface area (Å²) in [6, 6.07) is 22.2. The van der Waals surface area contributed by atoms with Crippen LogP contribution in [0.4, 0.5) is 5.13 Å². The van der Waals surface area contributed by atoms with E-state index in [1.165, 1.54) is 19.3 Å². The summed E-state index contributed by atoms with van der Waals surface area (Å²) >= 11 is 1.71. The summed E-state index contributed by atoms with van der Waals surface area (Å²) in [5, 5.41) is 3.24. The fraction of sp³-hybridized carbons (Fsp3) is 0.250. The highest BCUT2D eigenvalue weighted by molar-refractivity contribution is 7.13. The Morgan fingerprint density at radius 1 is 0.914 bits per heavy atom. The maximum atomic E-state index is 13.3. The lowest BCUT2D eigenvalue weighted by Gasteiger charge is -2.25. The Bertz CT molecular complexity index is 1270. The zero-order valence-corrected chi connectivity index (χ0v) is 20.2. The summed E-state index contributed by atoms with van der Waals surface area (Å²) in [5.74, 6) is 0.130. The van der Waals surface area contributed by atoms with Crippen LogP contribution in [0.1, 0.15) is 41.0 Å². The molecule has 0 saturated carbocycles. The first kappa shape index (κ1) is 24.3. The first-order chi connectivity index (χ1) is 17.2. The Morgan fingerprint density at radius 2 is 1.57 bits per heavy atom. The minimum Gasteiger partial charge on any atom is -0.348 e. The van der Waals surface area contributed by atoms with Gasteiger partial charge in [0.15, 0.2) is 10.9 Å². The average molecular weight is 486 g/mol. The quantitative estimate of drug-likeness (QED) is 0.324. The topological polar surface area (TPSA) is 72.3 Å². The molecule has 6 nitrogen and oxygen atoms in total. The second-order valence-corrected chi connectivity index (χ2v) is 9.28. The first-order valence-electron chi connectivity index (χ1n) is 11.7. The molecule has 2 aromatic carbocycles. The van der Waals surface area contributed by atoms with Crippen molar-refractivity contribution < 1.29 is 14.4 Å². The van der Waals surface area contributed by atoms with Gasteiger partial charge in [0, 0.05) is 36.7 Å². The maximum absolute atomic E-state index is 13.3. The van der Waals surface area contributed by atoms with Crippen molar-refractivity contribution in [1.82, 2.24) is 9.55 Å². The zero-order chi connectivity index (χ0) is 24.5. The van der Waals surface area contributed by atoms with Gasteiger partial charge >= 0.3 is 6.15 Å². The molecule has 0 amide bonds. The van der Waals surface area contributed by atoms with Crippen molar-refractivity contribution in [2.75, 3.05) is 18.0 Å². The van der Waals surface area contributed by atoms with Gasteiger partial charge in [0.2, 0.25) is 0 Å². The molecule has 3 heterocycles. The molecule has 1 aliphatic heterocycles. The van der Waals surface area contributed by atoms with Crippen molar-refractivity contribution >= 4 is 28.4 Å². The van der Waals surface area contributed by atoms with E-state index in [0.29, 0.717) is 13.0 Å². The Hall–Kier alpha value is -3.80. The molecule has 0 spiro atoms. The van der Waals surface area contributed by atoms with E-state index in [0.717, 1.165) is 46.3 Å². The number of nitrogens with zero attached hydrogens (tertiary/aromatic N) is 3. The van der Waals surface area contributed by atoms with Crippen molar-refractivity contribution in [3.63, 3.8) is 0 Å². The number of hydrogen-bond donors (Lipinski definition) is 0. The predicted octanol–water partition coefficient (Wildman–Crippen LogP) is 5.49. The largest absolute Gasteiger partial charge is 0.373 e. The second kappa shape index (κ2) is 12.1. The smallest absolute Gasteiger partial charge is 0.348 e. The highest BCUT2D eigenvalue weighted by Crippen LogP contribution is 2.27. The first-order valence-corrected chi connectivity index (χ1v) is 12.6. The lowest BCUT2D eigenvalue weighted by molar-refractivity contribution is -0.191. The molecule has 0 radical (unpaired) electrons. The van der Waals surface area contributed by atoms with Crippen LogP contribution in [-0.2, 0) is 22.6 Å². The van der Waals surface area contributed by atoms with Crippen LogP contribution in [0.2, 0.25) is 0 Å². The third-order valence-corrected chi connectivity index (χ3v) is 6.95. The van der Waals surface area contributed by atoms with Gasteiger partial charge in [-0.2, -0.15) is 9.59 Å². The van der Waals surface area contributed by atoms with Gasteiger partial charge in [0.25, 0.3) is 0 Å². The number of anilines is 1. The Labute approximate surface area is 208 Å². The molecule has 1 fully saturated rings. The van der Waals surface area contributed by atoms with E-state index >= 15 is 0 Å². The number of hydrogen-bond acceptors (Lipinski definition) is 6. The second-order valence-electron chi connectivity index (χ2n) is 8.45.